The van der Waals surface area contributed by atoms with Crippen LogP contribution in [0.15, 0.2) is 67.3 Å². The third kappa shape index (κ3) is 4.11. The highest BCUT2D eigenvalue weighted by Crippen LogP contribution is 2.21. The van der Waals surface area contributed by atoms with Crippen molar-refractivity contribution in [3.8, 4) is 5.75 Å². The topological polar surface area (TPSA) is 56.2 Å². The highest BCUT2D eigenvalue weighted by atomic mass is 16.5. The molecule has 3 aromatic rings. The minimum absolute atomic E-state index is 0.205. The minimum atomic E-state index is -0.206. The molecule has 0 aliphatic heterocycles. The number of amides is 1. The van der Waals surface area contributed by atoms with Gasteiger partial charge in [-0.1, -0.05) is 36.9 Å². The predicted molar refractivity (Wildman–Crippen MR) is 103 cm³/mol. The van der Waals surface area contributed by atoms with Crippen LogP contribution in [0.25, 0.3) is 11.0 Å². The lowest BCUT2D eigenvalue weighted by Gasteiger charge is -2.15. The Bertz CT molecular complexity index is 887. The second-order valence-electron chi connectivity index (χ2n) is 6.06. The number of benzene rings is 2. The van der Waals surface area contributed by atoms with Crippen molar-refractivity contribution in [1.82, 2.24) is 14.9 Å². The lowest BCUT2D eigenvalue weighted by atomic mass is 10.3. The Hall–Kier alpha value is -3.08. The third-order valence-electron chi connectivity index (χ3n) is 4.15. The molecule has 0 bridgehead atoms. The Morgan fingerprint density at radius 3 is 2.73 bits per heavy atom. The van der Waals surface area contributed by atoms with Crippen LogP contribution in [0.2, 0.25) is 0 Å². The summed E-state index contributed by atoms with van der Waals surface area (Å²) in [5.74, 6) is 1.50. The Morgan fingerprint density at radius 2 is 1.96 bits per heavy atom. The molecule has 2 aromatic carbocycles. The molecule has 1 unspecified atom stereocenters. The van der Waals surface area contributed by atoms with Crippen LogP contribution in [0.5, 0.6) is 5.75 Å². The van der Waals surface area contributed by atoms with Crippen LogP contribution in [-0.2, 0) is 11.3 Å². The summed E-state index contributed by atoms with van der Waals surface area (Å²) in [5.41, 5.74) is 1.98. The fourth-order valence-electron chi connectivity index (χ4n) is 2.93. The zero-order valence-electron chi connectivity index (χ0n) is 14.9. The number of carbonyl (C=O) groups is 1. The van der Waals surface area contributed by atoms with Gasteiger partial charge in [-0.05, 0) is 43.7 Å². The van der Waals surface area contributed by atoms with Gasteiger partial charge in [-0.15, -0.1) is 0 Å². The normalized spacial score (nSPS) is 11.9. The number of nitrogens with one attached hydrogen (secondary N) is 1. The lowest BCUT2D eigenvalue weighted by molar-refractivity contribution is -0.117. The molecule has 0 saturated heterocycles. The van der Waals surface area contributed by atoms with Gasteiger partial charge in [0, 0.05) is 6.54 Å². The molecule has 0 aliphatic rings. The second kappa shape index (κ2) is 8.34. The van der Waals surface area contributed by atoms with E-state index >= 15 is 0 Å². The summed E-state index contributed by atoms with van der Waals surface area (Å²) in [5, 5.41) is 2.89. The summed E-state index contributed by atoms with van der Waals surface area (Å²) in [6, 6.07) is 17.6. The van der Waals surface area contributed by atoms with Crippen molar-refractivity contribution < 1.29 is 9.53 Å². The van der Waals surface area contributed by atoms with Crippen LogP contribution in [0.1, 0.15) is 25.2 Å². The molecule has 134 valence electrons. The Morgan fingerprint density at radius 1 is 1.23 bits per heavy atom. The number of aryl methyl sites for hydroxylation is 1. The maximum absolute atomic E-state index is 11.7. The average Bonchev–Trinajstić information content (AvgIpc) is 3.05. The maximum atomic E-state index is 11.7. The molecule has 5 heteroatoms. The molecule has 0 saturated carbocycles. The van der Waals surface area contributed by atoms with E-state index in [9.17, 15) is 4.79 Å². The Kier molecular flexibility index (Phi) is 5.69. The van der Waals surface area contributed by atoms with Crippen molar-refractivity contribution >= 4 is 16.9 Å². The summed E-state index contributed by atoms with van der Waals surface area (Å²) in [6.45, 7) is 6.81. The van der Waals surface area contributed by atoms with E-state index in [0.717, 1.165) is 35.6 Å². The molecular formula is C21H23N3O2. The number of fused-ring (bicyclic) bond motifs is 1. The molecule has 5 nitrogen and oxygen atoms in total. The highest BCUT2D eigenvalue weighted by molar-refractivity contribution is 5.87. The van der Waals surface area contributed by atoms with Crippen molar-refractivity contribution in [2.24, 2.45) is 0 Å². The van der Waals surface area contributed by atoms with Crippen LogP contribution >= 0.6 is 0 Å². The second-order valence-corrected chi connectivity index (χ2v) is 6.06. The van der Waals surface area contributed by atoms with Crippen molar-refractivity contribution in [1.29, 1.82) is 0 Å². The molecule has 1 aromatic heterocycles. The number of nitrogens with zero attached hydrogens (tertiary/aromatic N) is 2. The monoisotopic (exact) mass is 349 g/mol. The van der Waals surface area contributed by atoms with Crippen molar-refractivity contribution in [3.05, 3.63) is 73.1 Å². The van der Waals surface area contributed by atoms with E-state index in [1.807, 2.05) is 61.5 Å². The number of ether oxygens (including phenoxy) is 1. The molecule has 26 heavy (non-hydrogen) atoms. The van der Waals surface area contributed by atoms with Gasteiger partial charge in [-0.3, -0.25) is 4.79 Å². The van der Waals surface area contributed by atoms with Gasteiger partial charge in [0.05, 0.1) is 23.7 Å². The van der Waals surface area contributed by atoms with Crippen LogP contribution < -0.4 is 10.1 Å². The molecule has 1 amide bonds. The first kappa shape index (κ1) is 17.7. The van der Waals surface area contributed by atoms with Crippen molar-refractivity contribution in [2.75, 3.05) is 6.61 Å². The van der Waals surface area contributed by atoms with E-state index in [2.05, 4.69) is 16.5 Å². The van der Waals surface area contributed by atoms with Gasteiger partial charge in [0.2, 0.25) is 5.91 Å². The van der Waals surface area contributed by atoms with E-state index in [4.69, 9.17) is 9.72 Å². The number of imidazole rings is 1. The van der Waals surface area contributed by atoms with Crippen LogP contribution in [0, 0.1) is 0 Å². The molecular weight excluding hydrogens is 326 g/mol. The van der Waals surface area contributed by atoms with Gasteiger partial charge in [0.25, 0.3) is 0 Å². The summed E-state index contributed by atoms with van der Waals surface area (Å²) >= 11 is 0. The van der Waals surface area contributed by atoms with E-state index in [0.29, 0.717) is 6.61 Å². The first-order chi connectivity index (χ1) is 12.7. The average molecular weight is 349 g/mol. The number of rotatable bonds is 8. The van der Waals surface area contributed by atoms with Gasteiger partial charge in [-0.2, -0.15) is 0 Å². The standard InChI is InChI=1S/C21H23N3O2/c1-3-20(25)22-16(2)21-23-18-12-7-8-13-19(18)24(21)14-9-15-26-17-10-5-4-6-11-17/h3-8,10-13,16H,1,9,14-15H2,2H3,(H,22,25). The number of aromatic nitrogens is 2. The van der Waals surface area contributed by atoms with E-state index in [-0.39, 0.29) is 11.9 Å². The van der Waals surface area contributed by atoms with E-state index in [1.54, 1.807) is 0 Å². The van der Waals surface area contributed by atoms with Gasteiger partial charge < -0.3 is 14.6 Å². The van der Waals surface area contributed by atoms with Crippen molar-refractivity contribution in [2.45, 2.75) is 25.9 Å². The Labute approximate surface area is 153 Å². The quantitative estimate of drug-likeness (QED) is 0.496. The molecule has 3 rings (SSSR count). The van der Waals surface area contributed by atoms with Crippen LogP contribution in [-0.4, -0.2) is 22.1 Å². The Balaban J connectivity index is 1.73. The summed E-state index contributed by atoms with van der Waals surface area (Å²) in [7, 11) is 0. The SMILES string of the molecule is C=CC(=O)NC(C)c1nc2ccccc2n1CCCOc1ccccc1. The first-order valence-corrected chi connectivity index (χ1v) is 8.75. The number of hydrogen-bond acceptors (Lipinski definition) is 3. The maximum Gasteiger partial charge on any atom is 0.243 e. The smallest absolute Gasteiger partial charge is 0.243 e. The molecule has 0 spiro atoms. The zero-order chi connectivity index (χ0) is 18.4. The summed E-state index contributed by atoms with van der Waals surface area (Å²) in [4.78, 5) is 16.4. The minimum Gasteiger partial charge on any atom is -0.494 e. The van der Waals surface area contributed by atoms with E-state index in [1.165, 1.54) is 6.08 Å². The zero-order valence-corrected chi connectivity index (χ0v) is 14.9. The summed E-state index contributed by atoms with van der Waals surface area (Å²) in [6.07, 6.45) is 2.11. The number of hydrogen-bond donors (Lipinski definition) is 1. The van der Waals surface area contributed by atoms with Gasteiger partial charge in [-0.25, -0.2) is 4.98 Å². The molecule has 1 N–H and O–H groups in total. The van der Waals surface area contributed by atoms with E-state index < -0.39 is 0 Å². The lowest BCUT2D eigenvalue weighted by Crippen LogP contribution is -2.27. The molecule has 1 atom stereocenters. The first-order valence-electron chi connectivity index (χ1n) is 8.75. The highest BCUT2D eigenvalue weighted by Gasteiger charge is 2.17. The van der Waals surface area contributed by atoms with Gasteiger partial charge >= 0.3 is 0 Å². The van der Waals surface area contributed by atoms with Gasteiger partial charge in [0.1, 0.15) is 11.6 Å². The predicted octanol–water partition coefficient (Wildman–Crippen LogP) is 3.87. The third-order valence-corrected chi connectivity index (χ3v) is 4.15. The number of carbonyl (C=O) groups excluding carboxylic acids is 1. The largest absolute Gasteiger partial charge is 0.494 e. The molecule has 0 radical (unpaired) electrons. The van der Waals surface area contributed by atoms with Crippen molar-refractivity contribution in [3.63, 3.8) is 0 Å². The molecule has 1 heterocycles. The van der Waals surface area contributed by atoms with Crippen LogP contribution in [0.4, 0.5) is 0 Å². The molecule has 0 aliphatic carbocycles. The fourth-order valence-corrected chi connectivity index (χ4v) is 2.93. The molecule has 0 fully saturated rings. The van der Waals surface area contributed by atoms with Crippen LogP contribution in [0.3, 0.4) is 0 Å². The summed E-state index contributed by atoms with van der Waals surface area (Å²) < 4.78 is 7.93. The number of para-hydroxylation sites is 3. The van der Waals surface area contributed by atoms with Gasteiger partial charge in [0.15, 0.2) is 0 Å². The fraction of sp³-hybridized carbons (Fsp3) is 0.238.